The molecule has 1 aliphatic heterocycles. The number of amides is 1. The maximum absolute atomic E-state index is 12.9. The Hall–Kier alpha value is -1.41. The Morgan fingerprint density at radius 3 is 2.46 bits per heavy atom. The molecule has 2 aromatic rings. The highest BCUT2D eigenvalue weighted by Gasteiger charge is 2.33. The highest BCUT2D eigenvalue weighted by Crippen LogP contribution is 2.26. The molecule has 3 rings (SSSR count). The average molecular weight is 486 g/mol. The van der Waals surface area contributed by atoms with Crippen LogP contribution in [0.1, 0.15) is 31.4 Å². The minimum Gasteiger partial charge on any atom is -0.349 e. The van der Waals surface area contributed by atoms with Crippen molar-refractivity contribution in [2.45, 2.75) is 30.7 Å². The number of piperidine rings is 1. The summed E-state index contributed by atoms with van der Waals surface area (Å²) in [5.74, 6) is -0.494. The standard InChI is InChI=1S/C20H22BrClN2O3S/c1-14(15-4-8-18(22)9-5-15)23-20(25)16-3-2-12-24(13-16)28(26,27)19-10-6-17(21)7-11-19/h4-11,14,16H,2-3,12-13H2,1H3,(H,23,25)/t14-,16+/m0/s1. The largest absolute Gasteiger partial charge is 0.349 e. The van der Waals surface area contributed by atoms with Crippen molar-refractivity contribution in [3.05, 3.63) is 63.6 Å². The van der Waals surface area contributed by atoms with Crippen LogP contribution in [0.25, 0.3) is 0 Å². The van der Waals surface area contributed by atoms with Gasteiger partial charge >= 0.3 is 0 Å². The van der Waals surface area contributed by atoms with Crippen molar-refractivity contribution in [2.24, 2.45) is 5.92 Å². The van der Waals surface area contributed by atoms with E-state index >= 15 is 0 Å². The summed E-state index contributed by atoms with van der Waals surface area (Å²) in [6.07, 6.45) is 1.33. The van der Waals surface area contributed by atoms with Crippen LogP contribution in [0.15, 0.2) is 57.9 Å². The number of halogens is 2. The van der Waals surface area contributed by atoms with Gasteiger partial charge in [0, 0.05) is 22.6 Å². The highest BCUT2D eigenvalue weighted by molar-refractivity contribution is 9.10. The molecule has 0 saturated carbocycles. The molecule has 2 atom stereocenters. The molecule has 1 N–H and O–H groups in total. The van der Waals surface area contributed by atoms with Crippen LogP contribution in [0.4, 0.5) is 0 Å². The van der Waals surface area contributed by atoms with E-state index in [1.165, 1.54) is 4.31 Å². The lowest BCUT2D eigenvalue weighted by atomic mass is 9.98. The fraction of sp³-hybridized carbons (Fsp3) is 0.350. The highest BCUT2D eigenvalue weighted by atomic mass is 79.9. The fourth-order valence-corrected chi connectivity index (χ4v) is 5.21. The zero-order valence-electron chi connectivity index (χ0n) is 15.4. The molecule has 1 fully saturated rings. The second-order valence-corrected chi connectivity index (χ2v) is 10.2. The molecular weight excluding hydrogens is 464 g/mol. The lowest BCUT2D eigenvalue weighted by molar-refractivity contribution is -0.126. The minimum absolute atomic E-state index is 0.127. The first kappa shape index (κ1) is 21.3. The molecule has 8 heteroatoms. The summed E-state index contributed by atoms with van der Waals surface area (Å²) in [5, 5.41) is 3.64. The van der Waals surface area contributed by atoms with E-state index in [1.807, 2.05) is 19.1 Å². The summed E-state index contributed by atoms with van der Waals surface area (Å²) in [5.41, 5.74) is 0.952. The average Bonchev–Trinajstić information content (AvgIpc) is 2.69. The van der Waals surface area contributed by atoms with E-state index in [2.05, 4.69) is 21.2 Å². The van der Waals surface area contributed by atoms with Gasteiger partial charge in [-0.1, -0.05) is 39.7 Å². The van der Waals surface area contributed by atoms with Gasteiger partial charge in [-0.15, -0.1) is 0 Å². The first-order valence-corrected chi connectivity index (χ1v) is 11.7. The molecule has 0 radical (unpaired) electrons. The predicted octanol–water partition coefficient (Wildman–Crippen LogP) is 4.38. The summed E-state index contributed by atoms with van der Waals surface area (Å²) in [7, 11) is -3.61. The first-order chi connectivity index (χ1) is 13.3. The summed E-state index contributed by atoms with van der Waals surface area (Å²) >= 11 is 9.22. The van der Waals surface area contributed by atoms with Crippen molar-refractivity contribution >= 4 is 43.5 Å². The molecule has 0 spiro atoms. The number of rotatable bonds is 5. The number of carbonyl (C=O) groups is 1. The van der Waals surface area contributed by atoms with Crippen LogP contribution in [0.3, 0.4) is 0 Å². The molecule has 0 bridgehead atoms. The molecule has 5 nitrogen and oxygen atoms in total. The van der Waals surface area contributed by atoms with E-state index in [4.69, 9.17) is 11.6 Å². The van der Waals surface area contributed by atoms with Crippen LogP contribution >= 0.6 is 27.5 Å². The topological polar surface area (TPSA) is 66.5 Å². The van der Waals surface area contributed by atoms with Gasteiger partial charge in [0.05, 0.1) is 16.9 Å². The zero-order valence-corrected chi connectivity index (χ0v) is 18.6. The molecule has 0 unspecified atom stereocenters. The molecule has 1 aliphatic rings. The number of benzene rings is 2. The lowest BCUT2D eigenvalue weighted by Crippen LogP contribution is -2.45. The SMILES string of the molecule is C[C@H](NC(=O)[C@@H]1CCCN(S(=O)(=O)c2ccc(Br)cc2)C1)c1ccc(Cl)cc1. The van der Waals surface area contributed by atoms with Crippen LogP contribution in [-0.2, 0) is 14.8 Å². The molecule has 1 heterocycles. The molecule has 0 aliphatic carbocycles. The Kier molecular flexibility index (Phi) is 6.81. The molecular formula is C20H22BrClN2O3S. The predicted molar refractivity (Wildman–Crippen MR) is 114 cm³/mol. The van der Waals surface area contributed by atoms with Crippen LogP contribution in [0.5, 0.6) is 0 Å². The van der Waals surface area contributed by atoms with Gasteiger partial charge in [-0.2, -0.15) is 4.31 Å². The Morgan fingerprint density at radius 1 is 1.18 bits per heavy atom. The second kappa shape index (κ2) is 8.95. The van der Waals surface area contributed by atoms with Crippen LogP contribution in [0, 0.1) is 5.92 Å². The van der Waals surface area contributed by atoms with E-state index < -0.39 is 10.0 Å². The molecule has 1 saturated heterocycles. The van der Waals surface area contributed by atoms with Gasteiger partial charge in [0.15, 0.2) is 0 Å². The van der Waals surface area contributed by atoms with Crippen molar-refractivity contribution in [3.63, 3.8) is 0 Å². The number of carbonyl (C=O) groups excluding carboxylic acids is 1. The summed E-state index contributed by atoms with van der Waals surface area (Å²) in [6.45, 7) is 2.52. The van der Waals surface area contributed by atoms with Crippen molar-refractivity contribution in [2.75, 3.05) is 13.1 Å². The zero-order chi connectivity index (χ0) is 20.3. The van der Waals surface area contributed by atoms with Crippen LogP contribution in [-0.4, -0.2) is 31.7 Å². The van der Waals surface area contributed by atoms with Crippen LogP contribution in [0.2, 0.25) is 5.02 Å². The van der Waals surface area contributed by atoms with Crippen LogP contribution < -0.4 is 5.32 Å². The second-order valence-electron chi connectivity index (χ2n) is 6.94. The molecule has 28 heavy (non-hydrogen) atoms. The van der Waals surface area contributed by atoms with E-state index in [9.17, 15) is 13.2 Å². The third-order valence-electron chi connectivity index (χ3n) is 4.94. The number of sulfonamides is 1. The third kappa shape index (κ3) is 4.95. The Labute approximate surface area is 179 Å². The number of nitrogens with zero attached hydrogens (tertiary/aromatic N) is 1. The monoisotopic (exact) mass is 484 g/mol. The van der Waals surface area contributed by atoms with E-state index in [0.717, 1.165) is 10.0 Å². The van der Waals surface area contributed by atoms with Gasteiger partial charge in [-0.25, -0.2) is 8.42 Å². The third-order valence-corrected chi connectivity index (χ3v) is 7.60. The maximum atomic E-state index is 12.9. The Morgan fingerprint density at radius 2 is 1.82 bits per heavy atom. The number of hydrogen-bond acceptors (Lipinski definition) is 3. The number of hydrogen-bond donors (Lipinski definition) is 1. The quantitative estimate of drug-likeness (QED) is 0.683. The Balaban J connectivity index is 1.67. The van der Waals surface area contributed by atoms with Crippen molar-refractivity contribution < 1.29 is 13.2 Å². The van der Waals surface area contributed by atoms with Gasteiger partial charge in [0.2, 0.25) is 15.9 Å². The van der Waals surface area contributed by atoms with E-state index in [-0.39, 0.29) is 29.3 Å². The van der Waals surface area contributed by atoms with Gasteiger partial charge in [-0.3, -0.25) is 4.79 Å². The maximum Gasteiger partial charge on any atom is 0.243 e. The van der Waals surface area contributed by atoms with Gasteiger partial charge in [0.1, 0.15) is 0 Å². The summed E-state index contributed by atoms with van der Waals surface area (Å²) < 4.78 is 28.0. The lowest BCUT2D eigenvalue weighted by Gasteiger charge is -2.32. The smallest absolute Gasteiger partial charge is 0.243 e. The molecule has 150 valence electrons. The van der Waals surface area contributed by atoms with Gasteiger partial charge in [0.25, 0.3) is 0 Å². The summed E-state index contributed by atoms with van der Waals surface area (Å²) in [4.78, 5) is 13.0. The Bertz CT molecular complexity index is 933. The normalized spacial score (nSPS) is 19.2. The fourth-order valence-electron chi connectivity index (χ4n) is 3.30. The van der Waals surface area contributed by atoms with Gasteiger partial charge < -0.3 is 5.32 Å². The minimum atomic E-state index is -3.61. The molecule has 2 aromatic carbocycles. The first-order valence-electron chi connectivity index (χ1n) is 9.09. The van der Waals surface area contributed by atoms with Crippen molar-refractivity contribution in [3.8, 4) is 0 Å². The molecule has 1 amide bonds. The van der Waals surface area contributed by atoms with Crippen molar-refractivity contribution in [1.29, 1.82) is 0 Å². The number of nitrogens with one attached hydrogen (secondary N) is 1. The van der Waals surface area contributed by atoms with E-state index in [0.29, 0.717) is 24.4 Å². The van der Waals surface area contributed by atoms with Crippen molar-refractivity contribution in [1.82, 2.24) is 9.62 Å². The molecule has 0 aromatic heterocycles. The van der Waals surface area contributed by atoms with E-state index in [1.54, 1.807) is 36.4 Å². The summed E-state index contributed by atoms with van der Waals surface area (Å²) in [6, 6.07) is 13.7. The van der Waals surface area contributed by atoms with Gasteiger partial charge in [-0.05, 0) is 61.7 Å².